The first-order valence-corrected chi connectivity index (χ1v) is 5.11. The summed E-state index contributed by atoms with van der Waals surface area (Å²) in [7, 11) is 1.70. The summed E-state index contributed by atoms with van der Waals surface area (Å²) in [4.78, 5) is 0. The molecule has 1 heterocycles. The van der Waals surface area contributed by atoms with Gasteiger partial charge >= 0.3 is 0 Å². The Morgan fingerprint density at radius 3 is 2.86 bits per heavy atom. The van der Waals surface area contributed by atoms with E-state index in [9.17, 15) is 0 Å². The molecule has 0 bridgehead atoms. The van der Waals surface area contributed by atoms with Gasteiger partial charge in [0.2, 0.25) is 0 Å². The lowest BCUT2D eigenvalue weighted by molar-refractivity contribution is 0.189. The third kappa shape index (κ3) is 3.16. The van der Waals surface area contributed by atoms with Gasteiger partial charge in [0.15, 0.2) is 0 Å². The first-order valence-electron chi connectivity index (χ1n) is 5.11. The van der Waals surface area contributed by atoms with Gasteiger partial charge in [-0.2, -0.15) is 0 Å². The lowest BCUT2D eigenvalue weighted by Gasteiger charge is -2.07. The van der Waals surface area contributed by atoms with E-state index in [4.69, 9.17) is 14.9 Å². The molecule has 1 aromatic heterocycles. The minimum Gasteiger partial charge on any atom is -0.464 e. The van der Waals surface area contributed by atoms with Crippen LogP contribution in [0.2, 0.25) is 0 Å². The number of furan rings is 1. The van der Waals surface area contributed by atoms with Crippen molar-refractivity contribution in [2.75, 3.05) is 13.7 Å². The number of nitrogens with two attached hydrogens (primary N) is 1. The molecule has 0 aliphatic heterocycles. The van der Waals surface area contributed by atoms with Crippen LogP contribution in [-0.4, -0.2) is 13.7 Å². The van der Waals surface area contributed by atoms with Gasteiger partial charge in [-0.05, 0) is 25.0 Å². The summed E-state index contributed by atoms with van der Waals surface area (Å²) < 4.78 is 10.5. The molecule has 1 atom stereocenters. The fourth-order valence-corrected chi connectivity index (χ4v) is 1.37. The van der Waals surface area contributed by atoms with Crippen molar-refractivity contribution in [1.82, 2.24) is 0 Å². The Morgan fingerprint density at radius 1 is 1.50 bits per heavy atom. The van der Waals surface area contributed by atoms with Crippen LogP contribution in [0.3, 0.4) is 0 Å². The predicted molar refractivity (Wildman–Crippen MR) is 56.1 cm³/mol. The largest absolute Gasteiger partial charge is 0.464 e. The number of ether oxygens (including phenoxy) is 1. The van der Waals surface area contributed by atoms with E-state index >= 15 is 0 Å². The van der Waals surface area contributed by atoms with Crippen LogP contribution in [0.25, 0.3) is 0 Å². The highest BCUT2D eigenvalue weighted by molar-refractivity contribution is 5.10. The van der Waals surface area contributed by atoms with Crippen molar-refractivity contribution in [3.05, 3.63) is 23.7 Å². The van der Waals surface area contributed by atoms with Crippen LogP contribution in [0, 0.1) is 0 Å². The Hall–Kier alpha value is -0.800. The monoisotopic (exact) mass is 197 g/mol. The van der Waals surface area contributed by atoms with Crippen LogP contribution in [0.15, 0.2) is 16.5 Å². The maximum absolute atomic E-state index is 5.95. The normalized spacial score (nSPS) is 13.1. The van der Waals surface area contributed by atoms with Gasteiger partial charge in [0.25, 0.3) is 0 Å². The molecule has 0 saturated heterocycles. The molecule has 2 N–H and O–H groups in total. The molecular formula is C11H19NO2. The highest BCUT2D eigenvalue weighted by Crippen LogP contribution is 2.18. The number of hydrogen-bond donors (Lipinski definition) is 1. The van der Waals surface area contributed by atoms with Crippen molar-refractivity contribution in [2.24, 2.45) is 5.73 Å². The number of aryl methyl sites for hydroxylation is 1. The summed E-state index contributed by atoms with van der Waals surface area (Å²) in [6, 6.07) is 3.97. The third-order valence-electron chi connectivity index (χ3n) is 2.26. The van der Waals surface area contributed by atoms with E-state index in [0.717, 1.165) is 37.4 Å². The molecule has 0 aliphatic rings. The molecule has 80 valence electrons. The predicted octanol–water partition coefficient (Wildman–Crippen LogP) is 2.27. The molecule has 3 nitrogen and oxygen atoms in total. The molecule has 1 unspecified atom stereocenters. The van der Waals surface area contributed by atoms with E-state index in [1.165, 1.54) is 0 Å². The van der Waals surface area contributed by atoms with Gasteiger partial charge in [-0.1, -0.05) is 6.92 Å². The summed E-state index contributed by atoms with van der Waals surface area (Å²) in [5.41, 5.74) is 5.95. The molecule has 0 amide bonds. The molecule has 14 heavy (non-hydrogen) atoms. The Morgan fingerprint density at radius 2 is 2.29 bits per heavy atom. The molecule has 3 heteroatoms. The maximum Gasteiger partial charge on any atom is 0.120 e. The van der Waals surface area contributed by atoms with Gasteiger partial charge in [0, 0.05) is 20.1 Å². The van der Waals surface area contributed by atoms with E-state index in [-0.39, 0.29) is 6.04 Å². The summed E-state index contributed by atoms with van der Waals surface area (Å²) in [5.74, 6) is 1.89. The average Bonchev–Trinajstić information content (AvgIpc) is 2.66. The summed E-state index contributed by atoms with van der Waals surface area (Å²) >= 11 is 0. The number of methoxy groups -OCH3 is 1. The highest BCUT2D eigenvalue weighted by atomic mass is 16.5. The first-order chi connectivity index (χ1) is 6.77. The zero-order valence-electron chi connectivity index (χ0n) is 8.95. The lowest BCUT2D eigenvalue weighted by atomic mass is 10.1. The standard InChI is InChI=1S/C11H19NO2/c1-3-9-6-7-11(14-9)10(12)5-4-8-13-2/h6-7,10H,3-5,8,12H2,1-2H3. The van der Waals surface area contributed by atoms with E-state index in [1.54, 1.807) is 7.11 Å². The fraction of sp³-hybridized carbons (Fsp3) is 0.636. The maximum atomic E-state index is 5.95. The Labute approximate surface area is 85.2 Å². The van der Waals surface area contributed by atoms with Gasteiger partial charge in [-0.25, -0.2) is 0 Å². The molecule has 1 rings (SSSR count). The second kappa shape index (κ2) is 5.83. The first kappa shape index (κ1) is 11.3. The topological polar surface area (TPSA) is 48.4 Å². The third-order valence-corrected chi connectivity index (χ3v) is 2.26. The molecule has 0 aromatic carbocycles. The quantitative estimate of drug-likeness (QED) is 0.712. The minimum absolute atomic E-state index is 0.00505. The molecular weight excluding hydrogens is 178 g/mol. The fourth-order valence-electron chi connectivity index (χ4n) is 1.37. The van der Waals surface area contributed by atoms with Crippen molar-refractivity contribution in [3.63, 3.8) is 0 Å². The summed E-state index contributed by atoms with van der Waals surface area (Å²) in [5, 5.41) is 0. The molecule has 0 saturated carbocycles. The zero-order valence-corrected chi connectivity index (χ0v) is 8.95. The molecule has 0 spiro atoms. The van der Waals surface area contributed by atoms with E-state index < -0.39 is 0 Å². The lowest BCUT2D eigenvalue weighted by Crippen LogP contribution is -2.10. The number of hydrogen-bond acceptors (Lipinski definition) is 3. The molecule has 0 radical (unpaired) electrons. The van der Waals surface area contributed by atoms with Crippen LogP contribution in [0.5, 0.6) is 0 Å². The van der Waals surface area contributed by atoms with Gasteiger partial charge in [0.1, 0.15) is 11.5 Å². The van der Waals surface area contributed by atoms with Gasteiger partial charge in [0.05, 0.1) is 6.04 Å². The Kier molecular flexibility index (Phi) is 4.70. The average molecular weight is 197 g/mol. The minimum atomic E-state index is 0.00505. The highest BCUT2D eigenvalue weighted by Gasteiger charge is 2.09. The zero-order chi connectivity index (χ0) is 10.4. The van der Waals surface area contributed by atoms with Gasteiger partial charge < -0.3 is 14.9 Å². The molecule has 0 aliphatic carbocycles. The van der Waals surface area contributed by atoms with Crippen molar-refractivity contribution in [3.8, 4) is 0 Å². The Bertz CT molecular complexity index is 258. The SMILES string of the molecule is CCc1ccc(C(N)CCCOC)o1. The van der Waals surface area contributed by atoms with Crippen molar-refractivity contribution >= 4 is 0 Å². The van der Waals surface area contributed by atoms with E-state index in [1.807, 2.05) is 12.1 Å². The number of rotatable bonds is 6. The van der Waals surface area contributed by atoms with Crippen LogP contribution in [-0.2, 0) is 11.2 Å². The molecule has 0 fully saturated rings. The molecule has 1 aromatic rings. The van der Waals surface area contributed by atoms with Crippen LogP contribution in [0.1, 0.15) is 37.3 Å². The van der Waals surface area contributed by atoms with Crippen LogP contribution >= 0.6 is 0 Å². The van der Waals surface area contributed by atoms with E-state index in [0.29, 0.717) is 0 Å². The second-order valence-corrected chi connectivity index (χ2v) is 3.40. The Balaban J connectivity index is 2.39. The van der Waals surface area contributed by atoms with Crippen molar-refractivity contribution in [2.45, 2.75) is 32.2 Å². The summed E-state index contributed by atoms with van der Waals surface area (Å²) in [6.45, 7) is 2.83. The van der Waals surface area contributed by atoms with Gasteiger partial charge in [-0.3, -0.25) is 0 Å². The summed E-state index contributed by atoms with van der Waals surface area (Å²) in [6.07, 6.45) is 2.80. The van der Waals surface area contributed by atoms with Crippen molar-refractivity contribution < 1.29 is 9.15 Å². The van der Waals surface area contributed by atoms with Crippen LogP contribution < -0.4 is 5.73 Å². The van der Waals surface area contributed by atoms with Gasteiger partial charge in [-0.15, -0.1) is 0 Å². The van der Waals surface area contributed by atoms with Crippen LogP contribution in [0.4, 0.5) is 0 Å². The smallest absolute Gasteiger partial charge is 0.120 e. The van der Waals surface area contributed by atoms with E-state index in [2.05, 4.69) is 6.92 Å². The van der Waals surface area contributed by atoms with Crippen molar-refractivity contribution in [1.29, 1.82) is 0 Å². The second-order valence-electron chi connectivity index (χ2n) is 3.40.